The van der Waals surface area contributed by atoms with E-state index in [-0.39, 0.29) is 12.0 Å². The zero-order valence-corrected chi connectivity index (χ0v) is 18.8. The van der Waals surface area contributed by atoms with Crippen LogP contribution < -0.4 is 0 Å². The first-order valence-corrected chi connectivity index (χ1v) is 11.8. The maximum absolute atomic E-state index is 11.7. The fraction of sp³-hybridized carbons (Fsp3) is 0.259. The van der Waals surface area contributed by atoms with Crippen LogP contribution in [0.1, 0.15) is 59.2 Å². The molecule has 0 atom stereocenters. The Morgan fingerprint density at radius 1 is 0.688 bits per heavy atom. The Morgan fingerprint density at radius 2 is 1.25 bits per heavy atom. The molecule has 0 aliphatic carbocycles. The summed E-state index contributed by atoms with van der Waals surface area (Å²) in [6.45, 7) is 0. The monoisotopic (exact) mass is 448 g/mol. The SMILES string of the molecule is O=C(O)CCCCCCSC(c1ccccc1)(c1ccccc1)c1cccc(C(=O)O)c1. The summed E-state index contributed by atoms with van der Waals surface area (Å²) < 4.78 is -0.547. The number of carbonyl (C=O) groups is 2. The number of hydrogen-bond acceptors (Lipinski definition) is 3. The predicted octanol–water partition coefficient (Wildman–Crippen LogP) is 6.45. The molecule has 4 nitrogen and oxygen atoms in total. The van der Waals surface area contributed by atoms with Gasteiger partial charge in [0.1, 0.15) is 0 Å². The zero-order chi connectivity index (χ0) is 22.8. The quantitative estimate of drug-likeness (QED) is 0.246. The first-order valence-electron chi connectivity index (χ1n) is 10.8. The van der Waals surface area contributed by atoms with Gasteiger partial charge in [-0.15, -0.1) is 11.8 Å². The van der Waals surface area contributed by atoms with Crippen LogP contribution in [0.2, 0.25) is 0 Å². The van der Waals surface area contributed by atoms with Crippen LogP contribution in [0.4, 0.5) is 0 Å². The average molecular weight is 449 g/mol. The van der Waals surface area contributed by atoms with E-state index >= 15 is 0 Å². The molecule has 0 saturated heterocycles. The summed E-state index contributed by atoms with van der Waals surface area (Å²) in [5.41, 5.74) is 3.41. The van der Waals surface area contributed by atoms with Gasteiger partial charge in [0.05, 0.1) is 10.3 Å². The summed E-state index contributed by atoms with van der Waals surface area (Å²) in [5.74, 6) is -0.816. The number of carboxylic acid groups (broad SMARTS) is 2. The first kappa shape index (κ1) is 23.6. The number of aromatic carboxylic acids is 1. The molecule has 0 unspecified atom stereocenters. The van der Waals surface area contributed by atoms with E-state index in [2.05, 4.69) is 24.3 Å². The minimum absolute atomic E-state index is 0.215. The van der Waals surface area contributed by atoms with Gasteiger partial charge in [-0.2, -0.15) is 0 Å². The lowest BCUT2D eigenvalue weighted by atomic mass is 9.83. The fourth-order valence-corrected chi connectivity index (χ4v) is 5.48. The summed E-state index contributed by atoms with van der Waals surface area (Å²) in [5, 5.41) is 18.4. The van der Waals surface area contributed by atoms with Crippen LogP contribution in [-0.4, -0.2) is 27.9 Å². The van der Waals surface area contributed by atoms with Crippen molar-refractivity contribution < 1.29 is 19.8 Å². The Bertz CT molecular complexity index is 979. The van der Waals surface area contributed by atoms with Crippen molar-refractivity contribution in [1.82, 2.24) is 0 Å². The normalized spacial score (nSPS) is 11.2. The molecular formula is C27H28O4S. The Balaban J connectivity index is 1.96. The van der Waals surface area contributed by atoms with Crippen molar-refractivity contribution in [3.63, 3.8) is 0 Å². The van der Waals surface area contributed by atoms with Gasteiger partial charge in [0.25, 0.3) is 0 Å². The largest absolute Gasteiger partial charge is 0.481 e. The summed E-state index contributed by atoms with van der Waals surface area (Å²) in [7, 11) is 0. The lowest BCUT2D eigenvalue weighted by Crippen LogP contribution is -2.26. The minimum Gasteiger partial charge on any atom is -0.481 e. The maximum atomic E-state index is 11.7. The molecule has 0 spiro atoms. The number of rotatable bonds is 12. The average Bonchev–Trinajstić information content (AvgIpc) is 2.82. The van der Waals surface area contributed by atoms with Gasteiger partial charge < -0.3 is 10.2 Å². The van der Waals surface area contributed by atoms with E-state index in [9.17, 15) is 14.7 Å². The van der Waals surface area contributed by atoms with Crippen LogP contribution >= 0.6 is 11.8 Å². The molecule has 0 fully saturated rings. The molecule has 3 aromatic rings. The second-order valence-electron chi connectivity index (χ2n) is 7.71. The molecule has 0 saturated carbocycles. The van der Waals surface area contributed by atoms with E-state index < -0.39 is 16.7 Å². The van der Waals surface area contributed by atoms with Gasteiger partial charge >= 0.3 is 11.9 Å². The highest BCUT2D eigenvalue weighted by atomic mass is 32.2. The molecule has 2 N–H and O–H groups in total. The summed E-state index contributed by atoms with van der Waals surface area (Å²) in [4.78, 5) is 22.4. The number of carboxylic acids is 2. The van der Waals surface area contributed by atoms with Crippen molar-refractivity contribution in [2.24, 2.45) is 0 Å². The summed E-state index contributed by atoms with van der Waals surface area (Å²) in [6, 6.07) is 27.6. The predicted molar refractivity (Wildman–Crippen MR) is 129 cm³/mol. The molecule has 0 aliphatic rings. The van der Waals surface area contributed by atoms with Gasteiger partial charge in [-0.3, -0.25) is 4.79 Å². The lowest BCUT2D eigenvalue weighted by molar-refractivity contribution is -0.137. The fourth-order valence-electron chi connectivity index (χ4n) is 3.92. The van der Waals surface area contributed by atoms with E-state index in [0.29, 0.717) is 6.42 Å². The maximum Gasteiger partial charge on any atom is 0.335 e. The standard InChI is InChI=1S/C27H28O4S/c28-25(29)18-9-1-2-10-19-32-27(22-13-5-3-6-14-22,23-15-7-4-8-16-23)24-17-11-12-21(20-24)26(30)31/h3-8,11-17,20H,1-2,9-10,18-19H2,(H,28,29)(H,30,31). The molecule has 32 heavy (non-hydrogen) atoms. The Kier molecular flexibility index (Phi) is 8.51. The summed E-state index contributed by atoms with van der Waals surface area (Å²) in [6.07, 6.45) is 3.74. The molecule has 0 aromatic heterocycles. The minimum atomic E-state index is -0.940. The Morgan fingerprint density at radius 3 is 1.81 bits per heavy atom. The highest BCUT2D eigenvalue weighted by molar-refractivity contribution is 8.00. The summed E-state index contributed by atoms with van der Waals surface area (Å²) >= 11 is 1.80. The van der Waals surface area contributed by atoms with E-state index in [0.717, 1.165) is 41.7 Å². The van der Waals surface area contributed by atoms with Crippen LogP contribution in [-0.2, 0) is 9.54 Å². The lowest BCUT2D eigenvalue weighted by Gasteiger charge is -2.35. The van der Waals surface area contributed by atoms with Crippen LogP contribution in [0.15, 0.2) is 84.9 Å². The van der Waals surface area contributed by atoms with E-state index in [4.69, 9.17) is 5.11 Å². The number of unbranched alkanes of at least 4 members (excludes halogenated alkanes) is 3. The van der Waals surface area contributed by atoms with Gasteiger partial charge in [-0.1, -0.05) is 85.6 Å². The molecule has 0 amide bonds. The number of aliphatic carboxylic acids is 1. The third-order valence-corrected chi connectivity index (χ3v) is 7.11. The van der Waals surface area contributed by atoms with Gasteiger partial charge in [0, 0.05) is 6.42 Å². The molecule has 0 radical (unpaired) electrons. The molecule has 3 aromatic carbocycles. The van der Waals surface area contributed by atoms with E-state index in [1.54, 1.807) is 23.9 Å². The van der Waals surface area contributed by atoms with Gasteiger partial charge in [0.2, 0.25) is 0 Å². The van der Waals surface area contributed by atoms with Crippen molar-refractivity contribution >= 4 is 23.7 Å². The highest BCUT2D eigenvalue weighted by Crippen LogP contribution is 2.49. The first-order chi connectivity index (χ1) is 15.5. The molecular weight excluding hydrogens is 420 g/mol. The molecule has 5 heteroatoms. The third kappa shape index (κ3) is 5.80. The van der Waals surface area contributed by atoms with Crippen molar-refractivity contribution in [3.8, 4) is 0 Å². The smallest absolute Gasteiger partial charge is 0.335 e. The van der Waals surface area contributed by atoms with Crippen molar-refractivity contribution in [3.05, 3.63) is 107 Å². The van der Waals surface area contributed by atoms with Crippen LogP contribution in [0.3, 0.4) is 0 Å². The zero-order valence-electron chi connectivity index (χ0n) is 17.9. The third-order valence-electron chi connectivity index (χ3n) is 5.48. The highest BCUT2D eigenvalue weighted by Gasteiger charge is 2.37. The second kappa shape index (κ2) is 11.5. The number of hydrogen-bond donors (Lipinski definition) is 2. The van der Waals surface area contributed by atoms with Crippen LogP contribution in [0, 0.1) is 0 Å². The molecule has 166 valence electrons. The van der Waals surface area contributed by atoms with E-state index in [1.807, 2.05) is 48.5 Å². The van der Waals surface area contributed by atoms with Gasteiger partial charge in [-0.25, -0.2) is 4.79 Å². The Labute approximate surface area is 193 Å². The molecule has 0 bridgehead atoms. The topological polar surface area (TPSA) is 74.6 Å². The molecule has 0 heterocycles. The van der Waals surface area contributed by atoms with Crippen molar-refractivity contribution in [1.29, 1.82) is 0 Å². The van der Waals surface area contributed by atoms with Gasteiger partial charge in [-0.05, 0) is 47.4 Å². The van der Waals surface area contributed by atoms with E-state index in [1.165, 1.54) is 0 Å². The van der Waals surface area contributed by atoms with Crippen molar-refractivity contribution in [2.75, 3.05) is 5.75 Å². The van der Waals surface area contributed by atoms with Gasteiger partial charge in [0.15, 0.2) is 0 Å². The van der Waals surface area contributed by atoms with Crippen LogP contribution in [0.5, 0.6) is 0 Å². The van der Waals surface area contributed by atoms with Crippen LogP contribution in [0.25, 0.3) is 0 Å². The van der Waals surface area contributed by atoms with Crippen molar-refractivity contribution in [2.45, 2.75) is 36.9 Å². The Hall–Kier alpha value is -3.05. The molecule has 0 aliphatic heterocycles. The second-order valence-corrected chi connectivity index (χ2v) is 9.01. The number of thioether (sulfide) groups is 1. The molecule has 3 rings (SSSR count). The number of benzene rings is 3.